The van der Waals surface area contributed by atoms with E-state index in [2.05, 4.69) is 20.9 Å². The average molecular weight is 361 g/mol. The minimum atomic E-state index is -0.909. The normalized spacial score (nSPS) is 10.8. The number of hydrogen-bond acceptors (Lipinski definition) is 3. The van der Waals surface area contributed by atoms with Gasteiger partial charge in [-0.15, -0.1) is 0 Å². The van der Waals surface area contributed by atoms with E-state index in [9.17, 15) is 9.90 Å². The predicted molar refractivity (Wildman–Crippen MR) is 86.2 cm³/mol. The Morgan fingerprint density at radius 2 is 2.05 bits per heavy atom. The molecule has 0 unspecified atom stereocenters. The number of hydrogen-bond donors (Lipinski definition) is 1. The summed E-state index contributed by atoms with van der Waals surface area (Å²) >= 11 is 3.46. The topological polar surface area (TPSA) is 63.8 Å². The number of nitrogens with zero attached hydrogens (tertiary/aromatic N) is 2. The second-order valence-corrected chi connectivity index (χ2v) is 5.53. The molecule has 3 aromatic rings. The molecule has 0 saturated carbocycles. The summed E-state index contributed by atoms with van der Waals surface area (Å²) in [6.45, 7) is 0. The van der Waals surface area contributed by atoms with Crippen molar-refractivity contribution in [3.05, 3.63) is 52.8 Å². The van der Waals surface area contributed by atoms with Gasteiger partial charge in [-0.2, -0.15) is 0 Å². The Kier molecular flexibility index (Phi) is 3.85. The molecule has 1 aromatic carbocycles. The lowest BCUT2D eigenvalue weighted by atomic mass is 10.1. The van der Waals surface area contributed by atoms with E-state index in [1.807, 2.05) is 42.5 Å². The molecule has 0 aliphatic heterocycles. The van der Waals surface area contributed by atoms with Crippen molar-refractivity contribution in [1.29, 1.82) is 0 Å². The molecule has 0 saturated heterocycles. The number of fused-ring (bicyclic) bond motifs is 1. The van der Waals surface area contributed by atoms with Crippen LogP contribution in [0.15, 0.2) is 47.1 Å². The number of benzene rings is 1. The van der Waals surface area contributed by atoms with Crippen LogP contribution in [0.3, 0.4) is 0 Å². The smallest absolute Gasteiger partial charge is 0.309 e. The number of rotatable bonds is 4. The molecule has 0 fully saturated rings. The molecule has 0 bridgehead atoms. The third kappa shape index (κ3) is 2.46. The highest BCUT2D eigenvalue weighted by Gasteiger charge is 2.20. The summed E-state index contributed by atoms with van der Waals surface area (Å²) in [4.78, 5) is 15.9. The number of halogens is 1. The number of imidazole rings is 1. The number of aliphatic carboxylic acids is 1. The van der Waals surface area contributed by atoms with E-state index < -0.39 is 5.97 Å². The van der Waals surface area contributed by atoms with Crippen molar-refractivity contribution in [1.82, 2.24) is 9.38 Å². The molecule has 22 heavy (non-hydrogen) atoms. The Morgan fingerprint density at radius 3 is 2.77 bits per heavy atom. The molecule has 6 heteroatoms. The van der Waals surface area contributed by atoms with Crippen molar-refractivity contribution >= 4 is 27.5 Å². The minimum Gasteiger partial charge on any atom is -0.496 e. The Morgan fingerprint density at radius 1 is 1.27 bits per heavy atom. The van der Waals surface area contributed by atoms with Crippen molar-refractivity contribution < 1.29 is 14.6 Å². The lowest BCUT2D eigenvalue weighted by Crippen LogP contribution is -2.05. The SMILES string of the molecule is COc1ccccc1-c1nc2cccc(Br)n2c1CC(=O)O. The van der Waals surface area contributed by atoms with Crippen LogP contribution in [-0.4, -0.2) is 27.6 Å². The quantitative estimate of drug-likeness (QED) is 0.724. The zero-order chi connectivity index (χ0) is 15.7. The van der Waals surface area contributed by atoms with Crippen molar-refractivity contribution in [2.75, 3.05) is 7.11 Å². The molecule has 1 N–H and O–H groups in total. The van der Waals surface area contributed by atoms with Gasteiger partial charge in [0.2, 0.25) is 0 Å². The lowest BCUT2D eigenvalue weighted by molar-refractivity contribution is -0.136. The van der Waals surface area contributed by atoms with Gasteiger partial charge in [0.1, 0.15) is 11.4 Å². The van der Waals surface area contributed by atoms with Crippen molar-refractivity contribution in [2.24, 2.45) is 0 Å². The van der Waals surface area contributed by atoms with Gasteiger partial charge in [-0.1, -0.05) is 18.2 Å². The van der Waals surface area contributed by atoms with Gasteiger partial charge in [-0.05, 0) is 40.2 Å². The predicted octanol–water partition coefficient (Wildman–Crippen LogP) is 3.40. The Bertz CT molecular complexity index is 858. The maximum Gasteiger partial charge on any atom is 0.309 e. The van der Waals surface area contributed by atoms with Crippen LogP contribution in [0.1, 0.15) is 5.69 Å². The highest BCUT2D eigenvalue weighted by atomic mass is 79.9. The summed E-state index contributed by atoms with van der Waals surface area (Å²) in [5.41, 5.74) is 2.69. The molecule has 3 rings (SSSR count). The molecule has 0 amide bonds. The first kappa shape index (κ1) is 14.6. The minimum absolute atomic E-state index is 0.128. The van der Waals surface area contributed by atoms with Crippen LogP contribution in [0, 0.1) is 0 Å². The van der Waals surface area contributed by atoms with Gasteiger partial charge in [0, 0.05) is 5.56 Å². The van der Waals surface area contributed by atoms with Crippen molar-refractivity contribution in [2.45, 2.75) is 6.42 Å². The standard InChI is InChI=1S/C16H13BrN2O3/c1-22-12-6-3-2-5-10(12)16-11(9-15(20)21)19-13(17)7-4-8-14(19)18-16/h2-8H,9H2,1H3,(H,20,21). The summed E-state index contributed by atoms with van der Waals surface area (Å²) in [6, 6.07) is 13.0. The summed E-state index contributed by atoms with van der Waals surface area (Å²) in [6.07, 6.45) is -0.128. The molecule has 0 aliphatic carbocycles. The first-order valence-corrected chi connectivity index (χ1v) is 7.42. The van der Waals surface area contributed by atoms with Crippen LogP contribution in [0.2, 0.25) is 0 Å². The highest BCUT2D eigenvalue weighted by molar-refractivity contribution is 9.10. The number of ether oxygens (including phenoxy) is 1. The van der Waals surface area contributed by atoms with Gasteiger partial charge in [0.25, 0.3) is 0 Å². The van der Waals surface area contributed by atoms with E-state index in [1.165, 1.54) is 0 Å². The van der Waals surface area contributed by atoms with Crippen LogP contribution < -0.4 is 4.74 Å². The third-order valence-corrected chi connectivity index (χ3v) is 3.99. The number of aromatic nitrogens is 2. The largest absolute Gasteiger partial charge is 0.496 e. The zero-order valence-corrected chi connectivity index (χ0v) is 13.4. The molecule has 0 atom stereocenters. The first-order chi connectivity index (χ1) is 10.6. The number of methoxy groups -OCH3 is 1. The first-order valence-electron chi connectivity index (χ1n) is 6.63. The van der Waals surface area contributed by atoms with E-state index in [1.54, 1.807) is 11.5 Å². The summed E-state index contributed by atoms with van der Waals surface area (Å²) in [7, 11) is 1.58. The molecule has 112 valence electrons. The molecule has 0 spiro atoms. The maximum absolute atomic E-state index is 11.3. The number of carboxylic acid groups (broad SMARTS) is 1. The van der Waals surface area contributed by atoms with E-state index >= 15 is 0 Å². The third-order valence-electron chi connectivity index (χ3n) is 3.37. The van der Waals surface area contributed by atoms with E-state index in [0.717, 1.165) is 10.2 Å². The molecular formula is C16H13BrN2O3. The van der Waals surface area contributed by atoms with Gasteiger partial charge < -0.3 is 9.84 Å². The second-order valence-electron chi connectivity index (χ2n) is 4.72. The molecule has 2 aromatic heterocycles. The summed E-state index contributed by atoms with van der Waals surface area (Å²) < 4.78 is 7.94. The number of para-hydroxylation sites is 1. The van der Waals surface area contributed by atoms with Crippen LogP contribution in [0.4, 0.5) is 0 Å². The molecule has 0 radical (unpaired) electrons. The monoisotopic (exact) mass is 360 g/mol. The van der Waals surface area contributed by atoms with Crippen molar-refractivity contribution in [3.63, 3.8) is 0 Å². The molecule has 0 aliphatic rings. The van der Waals surface area contributed by atoms with Crippen LogP contribution in [-0.2, 0) is 11.2 Å². The molecule has 2 heterocycles. The number of pyridine rings is 1. The van der Waals surface area contributed by atoms with E-state index in [4.69, 9.17) is 4.74 Å². The summed E-state index contributed by atoms with van der Waals surface area (Å²) in [5.74, 6) is -0.248. The summed E-state index contributed by atoms with van der Waals surface area (Å²) in [5, 5.41) is 9.25. The van der Waals surface area contributed by atoms with Crippen molar-refractivity contribution in [3.8, 4) is 17.0 Å². The maximum atomic E-state index is 11.3. The lowest BCUT2D eigenvalue weighted by Gasteiger charge is -2.08. The molecular weight excluding hydrogens is 348 g/mol. The fourth-order valence-electron chi connectivity index (χ4n) is 2.47. The fraction of sp³-hybridized carbons (Fsp3) is 0.125. The fourth-order valence-corrected chi connectivity index (χ4v) is 3.02. The second kappa shape index (κ2) is 5.81. The van der Waals surface area contributed by atoms with Gasteiger partial charge in [0.05, 0.1) is 29.5 Å². The van der Waals surface area contributed by atoms with Gasteiger partial charge in [0.15, 0.2) is 0 Å². The number of carbonyl (C=O) groups is 1. The van der Waals surface area contributed by atoms with E-state index in [0.29, 0.717) is 22.8 Å². The Hall–Kier alpha value is -2.34. The van der Waals surface area contributed by atoms with Gasteiger partial charge >= 0.3 is 5.97 Å². The molecule has 5 nitrogen and oxygen atoms in total. The Balaban J connectivity index is 2.33. The zero-order valence-electron chi connectivity index (χ0n) is 11.8. The van der Waals surface area contributed by atoms with E-state index in [-0.39, 0.29) is 6.42 Å². The number of carboxylic acids is 1. The van der Waals surface area contributed by atoms with Crippen LogP contribution in [0.5, 0.6) is 5.75 Å². The Labute approximate surface area is 135 Å². The van der Waals surface area contributed by atoms with Crippen LogP contribution >= 0.6 is 15.9 Å². The van der Waals surface area contributed by atoms with Gasteiger partial charge in [-0.3, -0.25) is 9.20 Å². The average Bonchev–Trinajstić information content (AvgIpc) is 2.86. The van der Waals surface area contributed by atoms with Gasteiger partial charge in [-0.25, -0.2) is 4.98 Å². The highest BCUT2D eigenvalue weighted by Crippen LogP contribution is 2.33. The van der Waals surface area contributed by atoms with Crippen LogP contribution in [0.25, 0.3) is 16.9 Å².